The monoisotopic (exact) mass is 118 g/mol. The minimum absolute atomic E-state index is 0.0767. The normalized spacial score (nSPS) is 8.75. The van der Waals surface area contributed by atoms with Gasteiger partial charge in [0, 0.05) is 20.0 Å². The molecule has 3 nitrogen and oxygen atoms in total. The molecule has 0 saturated heterocycles. The van der Waals surface area contributed by atoms with Gasteiger partial charge in [-0.2, -0.15) is 0 Å². The fourth-order valence-corrected chi connectivity index (χ4v) is 0.280. The van der Waals surface area contributed by atoms with Crippen LogP contribution in [0.2, 0.25) is 0 Å². The molecular weight excluding hydrogens is 108 g/mol. The van der Waals surface area contributed by atoms with Crippen LogP contribution in [0.5, 0.6) is 0 Å². The highest BCUT2D eigenvalue weighted by atomic mass is 16.5. The van der Waals surface area contributed by atoms with Crippen LogP contribution in [0.1, 0.15) is 13.3 Å². The third-order valence-corrected chi connectivity index (χ3v) is 0.608. The standard InChI is InChI=1S/C5H10O3/c1-5(7)8-4-2-3-6/h6H,2-4H2,1H3. The van der Waals surface area contributed by atoms with Crippen molar-refractivity contribution in [3.05, 3.63) is 0 Å². The summed E-state index contributed by atoms with van der Waals surface area (Å²) < 4.78 is 4.48. The molecule has 3 heteroatoms. The summed E-state index contributed by atoms with van der Waals surface area (Å²) in [5.41, 5.74) is 0. The maximum atomic E-state index is 10.0. The summed E-state index contributed by atoms with van der Waals surface area (Å²) in [6, 6.07) is 0. The molecule has 0 aromatic rings. The van der Waals surface area contributed by atoms with E-state index in [1.54, 1.807) is 0 Å². The van der Waals surface area contributed by atoms with Gasteiger partial charge in [-0.05, 0) is 0 Å². The third-order valence-electron chi connectivity index (χ3n) is 0.608. The van der Waals surface area contributed by atoms with E-state index in [9.17, 15) is 4.79 Å². The molecule has 0 atom stereocenters. The maximum absolute atomic E-state index is 10.0. The lowest BCUT2D eigenvalue weighted by Gasteiger charge is -1.96. The van der Waals surface area contributed by atoms with Crippen molar-refractivity contribution in [2.45, 2.75) is 13.3 Å². The Hall–Kier alpha value is -0.570. The summed E-state index contributed by atoms with van der Waals surface area (Å²) >= 11 is 0. The number of aliphatic hydroxyl groups excluding tert-OH is 1. The van der Waals surface area contributed by atoms with Crippen LogP contribution in [0.15, 0.2) is 0 Å². The van der Waals surface area contributed by atoms with Gasteiger partial charge in [0.25, 0.3) is 0 Å². The number of hydrogen-bond acceptors (Lipinski definition) is 3. The molecule has 0 spiro atoms. The molecule has 0 aliphatic rings. The Balaban J connectivity index is 2.82. The highest BCUT2D eigenvalue weighted by Gasteiger charge is 1.88. The Kier molecular flexibility index (Phi) is 4.26. The lowest BCUT2D eigenvalue weighted by molar-refractivity contribution is -0.141. The molecule has 0 saturated carbocycles. The Bertz CT molecular complexity index is 70.1. The van der Waals surface area contributed by atoms with Crippen molar-refractivity contribution in [1.29, 1.82) is 0 Å². The van der Waals surface area contributed by atoms with Crippen molar-refractivity contribution < 1.29 is 14.6 Å². The molecule has 0 rings (SSSR count). The molecule has 0 unspecified atom stereocenters. The van der Waals surface area contributed by atoms with Crippen molar-refractivity contribution in [3.8, 4) is 0 Å². The van der Waals surface area contributed by atoms with Crippen LogP contribution in [0.4, 0.5) is 0 Å². The van der Waals surface area contributed by atoms with E-state index < -0.39 is 0 Å². The number of hydrogen-bond donors (Lipinski definition) is 1. The van der Waals surface area contributed by atoms with Crippen LogP contribution in [-0.2, 0) is 9.53 Å². The van der Waals surface area contributed by atoms with E-state index in [-0.39, 0.29) is 12.6 Å². The van der Waals surface area contributed by atoms with Crippen molar-refractivity contribution in [1.82, 2.24) is 0 Å². The van der Waals surface area contributed by atoms with E-state index in [4.69, 9.17) is 5.11 Å². The SMILES string of the molecule is CC(=O)OCCCO. The van der Waals surface area contributed by atoms with Gasteiger partial charge >= 0.3 is 5.97 Å². The number of rotatable bonds is 3. The van der Waals surface area contributed by atoms with E-state index in [0.29, 0.717) is 13.0 Å². The average Bonchev–Trinajstić information content (AvgIpc) is 1.66. The lowest BCUT2D eigenvalue weighted by Crippen LogP contribution is -2.01. The number of aliphatic hydroxyl groups is 1. The minimum Gasteiger partial charge on any atom is -0.466 e. The summed E-state index contributed by atoms with van der Waals surface area (Å²) in [4.78, 5) is 10.0. The quantitative estimate of drug-likeness (QED) is 0.417. The zero-order valence-corrected chi connectivity index (χ0v) is 4.89. The number of carbonyl (C=O) groups is 1. The molecule has 0 radical (unpaired) electrons. The van der Waals surface area contributed by atoms with Crippen LogP contribution in [0, 0.1) is 0 Å². The first-order valence-corrected chi connectivity index (χ1v) is 2.51. The van der Waals surface area contributed by atoms with Crippen LogP contribution in [-0.4, -0.2) is 24.3 Å². The van der Waals surface area contributed by atoms with Crippen LogP contribution < -0.4 is 0 Å². The maximum Gasteiger partial charge on any atom is 0.302 e. The largest absolute Gasteiger partial charge is 0.466 e. The summed E-state index contributed by atoms with van der Waals surface area (Å²) in [7, 11) is 0. The molecule has 0 amide bonds. The first-order valence-electron chi connectivity index (χ1n) is 2.51. The van der Waals surface area contributed by atoms with E-state index in [1.807, 2.05) is 0 Å². The highest BCUT2D eigenvalue weighted by molar-refractivity contribution is 5.65. The van der Waals surface area contributed by atoms with Gasteiger partial charge in [-0.25, -0.2) is 0 Å². The fourth-order valence-electron chi connectivity index (χ4n) is 0.280. The molecule has 8 heavy (non-hydrogen) atoms. The molecule has 0 aromatic heterocycles. The number of esters is 1. The predicted molar refractivity (Wildman–Crippen MR) is 28.3 cm³/mol. The Morgan fingerprint density at radius 2 is 2.38 bits per heavy atom. The number of carbonyl (C=O) groups excluding carboxylic acids is 1. The van der Waals surface area contributed by atoms with Gasteiger partial charge in [-0.3, -0.25) is 4.79 Å². The van der Waals surface area contributed by atoms with Gasteiger partial charge in [-0.1, -0.05) is 0 Å². The molecule has 1 N–H and O–H groups in total. The first-order chi connectivity index (χ1) is 3.77. The van der Waals surface area contributed by atoms with Gasteiger partial charge in [0.05, 0.1) is 6.61 Å². The van der Waals surface area contributed by atoms with Crippen molar-refractivity contribution in [2.75, 3.05) is 13.2 Å². The van der Waals surface area contributed by atoms with E-state index in [0.717, 1.165) is 0 Å². The molecule has 0 aromatic carbocycles. The Morgan fingerprint density at radius 3 is 2.75 bits per heavy atom. The van der Waals surface area contributed by atoms with Gasteiger partial charge < -0.3 is 9.84 Å². The minimum atomic E-state index is -0.293. The van der Waals surface area contributed by atoms with Crippen LogP contribution >= 0.6 is 0 Å². The van der Waals surface area contributed by atoms with E-state index >= 15 is 0 Å². The first kappa shape index (κ1) is 7.43. The van der Waals surface area contributed by atoms with Gasteiger partial charge in [-0.15, -0.1) is 0 Å². The molecule has 0 bridgehead atoms. The Morgan fingerprint density at radius 1 is 1.75 bits per heavy atom. The zero-order valence-electron chi connectivity index (χ0n) is 4.89. The highest BCUT2D eigenvalue weighted by Crippen LogP contribution is 1.79. The van der Waals surface area contributed by atoms with Gasteiger partial charge in [0.15, 0.2) is 0 Å². The van der Waals surface area contributed by atoms with Crippen molar-refractivity contribution in [3.63, 3.8) is 0 Å². The second-order valence-corrected chi connectivity index (χ2v) is 1.42. The topological polar surface area (TPSA) is 46.5 Å². The summed E-state index contributed by atoms with van der Waals surface area (Å²) in [6.45, 7) is 1.75. The number of ether oxygens (including phenoxy) is 1. The molecule has 0 aliphatic heterocycles. The fraction of sp³-hybridized carbons (Fsp3) is 0.800. The predicted octanol–water partition coefficient (Wildman–Crippen LogP) is -0.0681. The van der Waals surface area contributed by atoms with Crippen molar-refractivity contribution >= 4 is 5.97 Å². The lowest BCUT2D eigenvalue weighted by atomic mass is 10.5. The Labute approximate surface area is 48.3 Å². The molecular formula is C5H10O3. The molecule has 0 fully saturated rings. The second-order valence-electron chi connectivity index (χ2n) is 1.42. The molecule has 0 aliphatic carbocycles. The van der Waals surface area contributed by atoms with Crippen LogP contribution in [0.3, 0.4) is 0 Å². The summed E-state index contributed by atoms with van der Waals surface area (Å²) in [5, 5.41) is 8.19. The molecule has 48 valence electrons. The third kappa shape index (κ3) is 5.43. The van der Waals surface area contributed by atoms with Crippen molar-refractivity contribution in [2.24, 2.45) is 0 Å². The van der Waals surface area contributed by atoms with Crippen LogP contribution in [0.25, 0.3) is 0 Å². The zero-order chi connectivity index (χ0) is 6.41. The van der Waals surface area contributed by atoms with Gasteiger partial charge in [0.2, 0.25) is 0 Å². The summed E-state index contributed by atoms with van der Waals surface area (Å²) in [5.74, 6) is -0.293. The van der Waals surface area contributed by atoms with E-state index in [1.165, 1.54) is 6.92 Å². The molecule has 0 heterocycles. The smallest absolute Gasteiger partial charge is 0.302 e. The second kappa shape index (κ2) is 4.59. The average molecular weight is 118 g/mol. The van der Waals surface area contributed by atoms with E-state index in [2.05, 4.69) is 4.74 Å². The van der Waals surface area contributed by atoms with Gasteiger partial charge in [0.1, 0.15) is 0 Å². The summed E-state index contributed by atoms with van der Waals surface area (Å²) in [6.07, 6.45) is 0.527.